The highest BCUT2D eigenvalue weighted by atomic mass is 14.6. The summed E-state index contributed by atoms with van der Waals surface area (Å²) >= 11 is 0. The molecule has 106 valence electrons. The molecule has 0 aliphatic rings. The van der Waals surface area contributed by atoms with E-state index in [1.54, 1.807) is 0 Å². The second kappa shape index (κ2) is 6.69. The van der Waals surface area contributed by atoms with Gasteiger partial charge in [-0.3, -0.25) is 4.98 Å². The van der Waals surface area contributed by atoms with Gasteiger partial charge in [-0.05, 0) is 60.8 Å². The first kappa shape index (κ1) is 14.8. The summed E-state index contributed by atoms with van der Waals surface area (Å²) in [6, 6.07) is 11.0. The van der Waals surface area contributed by atoms with Gasteiger partial charge >= 0.3 is 0 Å². The van der Waals surface area contributed by atoms with Crippen molar-refractivity contribution >= 4 is 0 Å². The summed E-state index contributed by atoms with van der Waals surface area (Å²) in [7, 11) is 0. The Labute approximate surface area is 123 Å². The maximum absolute atomic E-state index is 4.30. The zero-order chi connectivity index (χ0) is 14.5. The van der Waals surface area contributed by atoms with Crippen molar-refractivity contribution in [3.63, 3.8) is 0 Å². The van der Waals surface area contributed by atoms with Gasteiger partial charge in [0.2, 0.25) is 0 Å². The van der Waals surface area contributed by atoms with Crippen LogP contribution in [0, 0.1) is 13.8 Å². The third-order valence-electron chi connectivity index (χ3n) is 4.22. The molecule has 0 N–H and O–H groups in total. The van der Waals surface area contributed by atoms with Crippen molar-refractivity contribution in [1.29, 1.82) is 0 Å². The van der Waals surface area contributed by atoms with E-state index < -0.39 is 0 Å². The summed E-state index contributed by atoms with van der Waals surface area (Å²) in [6.07, 6.45) is 6.36. The lowest BCUT2D eigenvalue weighted by Crippen LogP contribution is -2.01. The Hall–Kier alpha value is -1.63. The third-order valence-corrected chi connectivity index (χ3v) is 4.22. The van der Waals surface area contributed by atoms with Gasteiger partial charge in [-0.25, -0.2) is 0 Å². The van der Waals surface area contributed by atoms with E-state index in [1.807, 2.05) is 12.4 Å². The van der Waals surface area contributed by atoms with E-state index in [-0.39, 0.29) is 0 Å². The largest absolute Gasteiger partial charge is 0.264 e. The summed E-state index contributed by atoms with van der Waals surface area (Å²) in [6.45, 7) is 8.96. The molecule has 2 rings (SSSR count). The lowest BCUT2D eigenvalue weighted by atomic mass is 9.88. The smallest absolute Gasteiger partial charge is 0.0302 e. The van der Waals surface area contributed by atoms with Gasteiger partial charge in [0.1, 0.15) is 0 Å². The van der Waals surface area contributed by atoms with E-state index in [0.29, 0.717) is 11.8 Å². The molecule has 2 unspecified atom stereocenters. The molecule has 0 saturated carbocycles. The molecule has 0 saturated heterocycles. The minimum absolute atomic E-state index is 0.578. The molecule has 2 atom stereocenters. The maximum atomic E-state index is 4.30. The molecular formula is C19H25N. The van der Waals surface area contributed by atoms with Crippen LogP contribution in [0.25, 0.3) is 0 Å². The molecule has 20 heavy (non-hydrogen) atoms. The van der Waals surface area contributed by atoms with E-state index in [0.717, 1.165) is 0 Å². The lowest BCUT2D eigenvalue weighted by Gasteiger charge is -2.18. The highest BCUT2D eigenvalue weighted by molar-refractivity contribution is 5.28. The molecule has 0 bridgehead atoms. The molecule has 2 aromatic rings. The van der Waals surface area contributed by atoms with Crippen molar-refractivity contribution in [2.45, 2.75) is 52.4 Å². The van der Waals surface area contributed by atoms with E-state index in [9.17, 15) is 0 Å². The SMILES string of the molecule is Cc1cncc(C(C)CCC(C)c2ccccc2C)c1. The lowest BCUT2D eigenvalue weighted by molar-refractivity contribution is 0.571. The van der Waals surface area contributed by atoms with Crippen LogP contribution in [0.4, 0.5) is 0 Å². The van der Waals surface area contributed by atoms with E-state index in [1.165, 1.54) is 35.1 Å². The fourth-order valence-corrected chi connectivity index (χ4v) is 2.81. The number of pyridine rings is 1. The van der Waals surface area contributed by atoms with Crippen LogP contribution in [0.15, 0.2) is 42.7 Å². The molecule has 0 spiro atoms. The highest BCUT2D eigenvalue weighted by Gasteiger charge is 2.12. The Bertz CT molecular complexity index is 559. The van der Waals surface area contributed by atoms with Crippen LogP contribution < -0.4 is 0 Å². The topological polar surface area (TPSA) is 12.9 Å². The summed E-state index contributed by atoms with van der Waals surface area (Å²) in [5, 5.41) is 0. The molecule has 0 aliphatic heterocycles. The van der Waals surface area contributed by atoms with Gasteiger partial charge in [-0.1, -0.05) is 44.2 Å². The molecule has 1 aromatic carbocycles. The quantitative estimate of drug-likeness (QED) is 0.708. The van der Waals surface area contributed by atoms with E-state index in [2.05, 4.69) is 63.0 Å². The van der Waals surface area contributed by atoms with Gasteiger partial charge in [0, 0.05) is 12.4 Å². The number of aromatic nitrogens is 1. The standard InChI is InChI=1S/C19H25N/c1-14-11-18(13-20-12-14)15(2)9-10-17(4)19-8-6-5-7-16(19)3/h5-8,11-13,15,17H,9-10H2,1-4H3. The minimum Gasteiger partial charge on any atom is -0.264 e. The average Bonchev–Trinajstić information content (AvgIpc) is 2.45. The number of hydrogen-bond acceptors (Lipinski definition) is 1. The Morgan fingerprint density at radius 2 is 1.65 bits per heavy atom. The van der Waals surface area contributed by atoms with Gasteiger partial charge in [-0.2, -0.15) is 0 Å². The van der Waals surface area contributed by atoms with Crippen LogP contribution in [0.2, 0.25) is 0 Å². The number of hydrogen-bond donors (Lipinski definition) is 0. The van der Waals surface area contributed by atoms with Gasteiger partial charge in [-0.15, -0.1) is 0 Å². The normalized spacial score (nSPS) is 14.0. The first-order valence-corrected chi connectivity index (χ1v) is 7.55. The first-order chi connectivity index (χ1) is 9.58. The first-order valence-electron chi connectivity index (χ1n) is 7.55. The van der Waals surface area contributed by atoms with Gasteiger partial charge in [0.05, 0.1) is 0 Å². The summed E-state index contributed by atoms with van der Waals surface area (Å²) in [5.74, 6) is 1.20. The Kier molecular flexibility index (Phi) is 4.94. The van der Waals surface area contributed by atoms with E-state index in [4.69, 9.17) is 0 Å². The molecular weight excluding hydrogens is 242 g/mol. The predicted octanol–water partition coefficient (Wildman–Crippen LogP) is 5.39. The molecule has 1 heteroatoms. The number of aryl methyl sites for hydroxylation is 2. The third kappa shape index (κ3) is 3.69. The van der Waals surface area contributed by atoms with Crippen molar-refractivity contribution in [1.82, 2.24) is 4.98 Å². The minimum atomic E-state index is 0.578. The monoisotopic (exact) mass is 267 g/mol. The maximum Gasteiger partial charge on any atom is 0.0302 e. The van der Waals surface area contributed by atoms with Crippen molar-refractivity contribution in [2.75, 3.05) is 0 Å². The fraction of sp³-hybridized carbons (Fsp3) is 0.421. The molecule has 1 heterocycles. The van der Waals surface area contributed by atoms with Gasteiger partial charge < -0.3 is 0 Å². The highest BCUT2D eigenvalue weighted by Crippen LogP contribution is 2.28. The second-order valence-corrected chi connectivity index (χ2v) is 6.03. The molecule has 1 aromatic heterocycles. The molecule has 0 fully saturated rings. The number of benzene rings is 1. The molecule has 0 radical (unpaired) electrons. The molecule has 1 nitrogen and oxygen atoms in total. The summed E-state index contributed by atoms with van der Waals surface area (Å²) in [4.78, 5) is 4.30. The van der Waals surface area contributed by atoms with Gasteiger partial charge in [0.15, 0.2) is 0 Å². The van der Waals surface area contributed by atoms with Crippen molar-refractivity contribution in [2.24, 2.45) is 0 Å². The zero-order valence-corrected chi connectivity index (χ0v) is 13.1. The number of rotatable bonds is 5. The second-order valence-electron chi connectivity index (χ2n) is 6.03. The van der Waals surface area contributed by atoms with Crippen LogP contribution in [0.3, 0.4) is 0 Å². The Balaban J connectivity index is 1.97. The zero-order valence-electron chi connectivity index (χ0n) is 13.1. The van der Waals surface area contributed by atoms with Crippen LogP contribution in [0.1, 0.15) is 60.8 Å². The number of nitrogens with zero attached hydrogens (tertiary/aromatic N) is 1. The summed E-state index contributed by atoms with van der Waals surface area (Å²) < 4.78 is 0. The van der Waals surface area contributed by atoms with Crippen LogP contribution in [0.5, 0.6) is 0 Å². The molecule has 0 amide bonds. The fourth-order valence-electron chi connectivity index (χ4n) is 2.81. The van der Waals surface area contributed by atoms with Crippen LogP contribution in [-0.2, 0) is 0 Å². The Morgan fingerprint density at radius 1 is 0.950 bits per heavy atom. The van der Waals surface area contributed by atoms with Gasteiger partial charge in [0.25, 0.3) is 0 Å². The van der Waals surface area contributed by atoms with Crippen molar-refractivity contribution in [3.8, 4) is 0 Å². The molecule has 0 aliphatic carbocycles. The Morgan fingerprint density at radius 3 is 2.35 bits per heavy atom. The average molecular weight is 267 g/mol. The predicted molar refractivity (Wildman–Crippen MR) is 86.2 cm³/mol. The van der Waals surface area contributed by atoms with Crippen LogP contribution >= 0.6 is 0 Å². The summed E-state index contributed by atoms with van der Waals surface area (Å²) in [5.41, 5.74) is 5.51. The van der Waals surface area contributed by atoms with Crippen molar-refractivity contribution in [3.05, 3.63) is 65.0 Å². The van der Waals surface area contributed by atoms with Crippen molar-refractivity contribution < 1.29 is 0 Å². The van der Waals surface area contributed by atoms with E-state index >= 15 is 0 Å². The van der Waals surface area contributed by atoms with Crippen LogP contribution in [-0.4, -0.2) is 4.98 Å².